The highest BCUT2D eigenvalue weighted by molar-refractivity contribution is 9.10. The predicted octanol–water partition coefficient (Wildman–Crippen LogP) is 3.80. The Labute approximate surface area is 134 Å². The van der Waals surface area contributed by atoms with Crippen LogP contribution in [0.2, 0.25) is 0 Å². The smallest absolute Gasteiger partial charge is 0.187 e. The van der Waals surface area contributed by atoms with Crippen molar-refractivity contribution < 1.29 is 9.18 Å². The van der Waals surface area contributed by atoms with Gasteiger partial charge in [-0.25, -0.2) is 9.37 Å². The number of rotatable bonds is 4. The van der Waals surface area contributed by atoms with Crippen LogP contribution in [0.1, 0.15) is 16.2 Å². The number of halogens is 2. The number of aromatic nitrogens is 3. The fourth-order valence-electron chi connectivity index (χ4n) is 2.05. The fraction of sp³-hybridized carbons (Fsp3) is 0.0625. The summed E-state index contributed by atoms with van der Waals surface area (Å²) in [6.07, 6.45) is 0.178. The van der Waals surface area contributed by atoms with Crippen LogP contribution in [0.4, 0.5) is 4.39 Å². The van der Waals surface area contributed by atoms with E-state index in [4.69, 9.17) is 0 Å². The Balaban J connectivity index is 1.77. The second-order valence-corrected chi connectivity index (χ2v) is 5.54. The van der Waals surface area contributed by atoms with E-state index in [9.17, 15) is 9.18 Å². The van der Waals surface area contributed by atoms with Crippen LogP contribution in [0.3, 0.4) is 0 Å². The molecule has 0 radical (unpaired) electrons. The Bertz CT molecular complexity index is 814. The number of carbonyl (C=O) groups is 1. The number of benzene rings is 1. The molecular formula is C16H11BrFN3O. The maximum absolute atomic E-state index is 12.9. The zero-order valence-electron chi connectivity index (χ0n) is 11.4. The van der Waals surface area contributed by atoms with Crippen LogP contribution in [-0.2, 0) is 6.42 Å². The minimum Gasteiger partial charge on any atom is -0.292 e. The molecule has 0 aliphatic rings. The molecule has 4 nitrogen and oxygen atoms in total. The molecule has 0 fully saturated rings. The summed E-state index contributed by atoms with van der Waals surface area (Å²) in [6, 6.07) is 13.0. The first-order chi connectivity index (χ1) is 10.6. The monoisotopic (exact) mass is 359 g/mol. The van der Waals surface area contributed by atoms with E-state index in [0.29, 0.717) is 21.7 Å². The van der Waals surface area contributed by atoms with Gasteiger partial charge in [0.2, 0.25) is 0 Å². The van der Waals surface area contributed by atoms with Crippen molar-refractivity contribution in [2.24, 2.45) is 0 Å². The Morgan fingerprint density at radius 3 is 2.68 bits per heavy atom. The van der Waals surface area contributed by atoms with Crippen molar-refractivity contribution in [3.63, 3.8) is 0 Å². The molecule has 0 amide bonds. The van der Waals surface area contributed by atoms with Gasteiger partial charge in [-0.05, 0) is 58.4 Å². The molecule has 0 aliphatic heterocycles. The maximum atomic E-state index is 12.9. The molecule has 110 valence electrons. The van der Waals surface area contributed by atoms with Crippen molar-refractivity contribution in [3.8, 4) is 11.3 Å². The fourth-order valence-corrected chi connectivity index (χ4v) is 2.39. The summed E-state index contributed by atoms with van der Waals surface area (Å²) in [5.74, 6) is -0.397. The zero-order valence-corrected chi connectivity index (χ0v) is 13.0. The molecule has 0 aliphatic carbocycles. The number of pyridine rings is 1. The molecule has 1 N–H and O–H groups in total. The number of H-pyrrole nitrogens is 1. The summed E-state index contributed by atoms with van der Waals surface area (Å²) >= 11 is 3.24. The lowest BCUT2D eigenvalue weighted by Crippen LogP contribution is -2.06. The zero-order chi connectivity index (χ0) is 15.5. The number of aromatic amines is 1. The molecule has 2 aromatic heterocycles. The van der Waals surface area contributed by atoms with E-state index in [2.05, 4.69) is 31.1 Å². The lowest BCUT2D eigenvalue weighted by molar-refractivity contribution is 0.0987. The molecule has 0 saturated heterocycles. The third-order valence-corrected chi connectivity index (χ3v) is 3.56. The van der Waals surface area contributed by atoms with Crippen molar-refractivity contribution in [3.05, 3.63) is 70.3 Å². The van der Waals surface area contributed by atoms with Gasteiger partial charge in [-0.2, -0.15) is 5.10 Å². The van der Waals surface area contributed by atoms with E-state index in [1.807, 2.05) is 0 Å². The molecule has 6 heteroatoms. The van der Waals surface area contributed by atoms with E-state index in [-0.39, 0.29) is 18.0 Å². The first-order valence-electron chi connectivity index (χ1n) is 6.58. The van der Waals surface area contributed by atoms with Crippen molar-refractivity contribution in [2.75, 3.05) is 0 Å². The molecular weight excluding hydrogens is 349 g/mol. The average molecular weight is 360 g/mol. The molecule has 3 aromatic rings. The number of carbonyl (C=O) groups excluding carboxylic acids is 1. The normalized spacial score (nSPS) is 10.6. The Hall–Kier alpha value is -2.34. The molecule has 2 heterocycles. The van der Waals surface area contributed by atoms with E-state index in [1.54, 1.807) is 36.4 Å². The summed E-state index contributed by atoms with van der Waals surface area (Å²) in [6.45, 7) is 0. The van der Waals surface area contributed by atoms with Crippen LogP contribution < -0.4 is 0 Å². The number of nitrogens with zero attached hydrogens (tertiary/aromatic N) is 2. The van der Waals surface area contributed by atoms with Crippen LogP contribution in [0, 0.1) is 5.82 Å². The molecule has 0 spiro atoms. The van der Waals surface area contributed by atoms with Gasteiger partial charge in [-0.1, -0.05) is 6.07 Å². The van der Waals surface area contributed by atoms with E-state index in [0.717, 1.165) is 5.56 Å². The molecule has 0 atom stereocenters. The van der Waals surface area contributed by atoms with Crippen LogP contribution >= 0.6 is 15.9 Å². The largest absolute Gasteiger partial charge is 0.292 e. The minimum atomic E-state index is -0.296. The number of ketones is 1. The summed E-state index contributed by atoms with van der Waals surface area (Å²) in [7, 11) is 0. The number of nitrogens with one attached hydrogen (secondary N) is 1. The average Bonchev–Trinajstić information content (AvgIpc) is 2.96. The van der Waals surface area contributed by atoms with Crippen molar-refractivity contribution in [1.82, 2.24) is 15.2 Å². The van der Waals surface area contributed by atoms with Gasteiger partial charge in [-0.3, -0.25) is 9.89 Å². The molecule has 3 rings (SSSR count). The summed E-state index contributed by atoms with van der Waals surface area (Å²) < 4.78 is 13.5. The van der Waals surface area contributed by atoms with Gasteiger partial charge in [-0.15, -0.1) is 0 Å². The number of Topliss-reactive ketones (excluding diaryl/α,β-unsaturated/α-hetero) is 1. The van der Waals surface area contributed by atoms with E-state index >= 15 is 0 Å². The van der Waals surface area contributed by atoms with E-state index < -0.39 is 0 Å². The second kappa shape index (κ2) is 6.19. The van der Waals surface area contributed by atoms with Gasteiger partial charge in [0, 0.05) is 11.3 Å². The topological polar surface area (TPSA) is 58.6 Å². The van der Waals surface area contributed by atoms with Crippen molar-refractivity contribution in [1.29, 1.82) is 0 Å². The first kappa shape index (κ1) is 14.6. The van der Waals surface area contributed by atoms with E-state index in [1.165, 1.54) is 12.1 Å². The molecule has 0 unspecified atom stereocenters. The van der Waals surface area contributed by atoms with Gasteiger partial charge in [0.15, 0.2) is 5.78 Å². The third kappa shape index (κ3) is 3.28. The maximum Gasteiger partial charge on any atom is 0.187 e. The standard InChI is InChI=1S/C16H11BrFN3O/c17-16-3-1-2-13(19-16)15(22)9-12-8-14(21-20-12)10-4-6-11(18)7-5-10/h1-8H,9H2,(H,20,21). The SMILES string of the molecule is O=C(Cc1cc(-c2ccc(F)cc2)n[nH]1)c1cccc(Br)n1. The summed E-state index contributed by atoms with van der Waals surface area (Å²) in [4.78, 5) is 16.3. The second-order valence-electron chi connectivity index (χ2n) is 4.73. The van der Waals surface area contributed by atoms with Gasteiger partial charge in [0.05, 0.1) is 12.1 Å². The minimum absolute atomic E-state index is 0.101. The Morgan fingerprint density at radius 2 is 1.95 bits per heavy atom. The third-order valence-electron chi connectivity index (χ3n) is 3.12. The predicted molar refractivity (Wildman–Crippen MR) is 84.0 cm³/mol. The molecule has 1 aromatic carbocycles. The summed E-state index contributed by atoms with van der Waals surface area (Å²) in [5, 5.41) is 6.98. The Kier molecular flexibility index (Phi) is 4.11. The van der Waals surface area contributed by atoms with Gasteiger partial charge in [0.1, 0.15) is 16.1 Å². The van der Waals surface area contributed by atoms with Gasteiger partial charge in [0.25, 0.3) is 0 Å². The van der Waals surface area contributed by atoms with Crippen LogP contribution in [0.5, 0.6) is 0 Å². The molecule has 22 heavy (non-hydrogen) atoms. The lowest BCUT2D eigenvalue weighted by Gasteiger charge is -1.98. The number of hydrogen-bond donors (Lipinski definition) is 1. The van der Waals surface area contributed by atoms with Crippen molar-refractivity contribution >= 4 is 21.7 Å². The molecule has 0 saturated carbocycles. The van der Waals surface area contributed by atoms with Gasteiger partial charge < -0.3 is 0 Å². The quantitative estimate of drug-likeness (QED) is 0.569. The van der Waals surface area contributed by atoms with Crippen LogP contribution in [0.15, 0.2) is 53.1 Å². The van der Waals surface area contributed by atoms with Gasteiger partial charge >= 0.3 is 0 Å². The number of hydrogen-bond acceptors (Lipinski definition) is 3. The first-order valence-corrected chi connectivity index (χ1v) is 7.37. The molecule has 0 bridgehead atoms. The highest BCUT2D eigenvalue weighted by Crippen LogP contribution is 2.18. The highest BCUT2D eigenvalue weighted by Gasteiger charge is 2.12. The lowest BCUT2D eigenvalue weighted by atomic mass is 10.1. The Morgan fingerprint density at radius 1 is 1.18 bits per heavy atom. The van der Waals surface area contributed by atoms with Crippen LogP contribution in [0.25, 0.3) is 11.3 Å². The van der Waals surface area contributed by atoms with Crippen molar-refractivity contribution in [2.45, 2.75) is 6.42 Å². The van der Waals surface area contributed by atoms with Crippen LogP contribution in [-0.4, -0.2) is 21.0 Å². The summed E-state index contributed by atoms with van der Waals surface area (Å²) in [5.41, 5.74) is 2.54. The highest BCUT2D eigenvalue weighted by atomic mass is 79.9.